The Bertz CT molecular complexity index is 938. The van der Waals surface area contributed by atoms with Gasteiger partial charge in [0.05, 0.1) is 26.2 Å². The van der Waals surface area contributed by atoms with Crippen molar-refractivity contribution in [3.63, 3.8) is 0 Å². The van der Waals surface area contributed by atoms with Gasteiger partial charge < -0.3 is 24.8 Å². The molecule has 0 spiro atoms. The van der Waals surface area contributed by atoms with Gasteiger partial charge in [-0.25, -0.2) is 8.42 Å². The van der Waals surface area contributed by atoms with Crippen LogP contribution in [0, 0.1) is 0 Å². The minimum Gasteiger partial charge on any atom is -0.493 e. The number of hydrogen-bond donors (Lipinski definition) is 2. The fraction of sp³-hybridized carbons (Fsp3) is 0.350. The third kappa shape index (κ3) is 6.94. The molecule has 166 valence electrons. The number of methoxy groups -OCH3 is 3. The van der Waals surface area contributed by atoms with Gasteiger partial charge in [-0.3, -0.25) is 4.99 Å². The van der Waals surface area contributed by atoms with Gasteiger partial charge in [0, 0.05) is 26.4 Å². The molecule has 8 nitrogen and oxygen atoms in total. The standard InChI is InChI=1S/C20H27N3O5S.HI/c1-21-20(22-12-14-6-8-16(9-7-14)29(5,24)25)23-13-15-10-17(26-2)19(28-4)18(11-15)27-3;/h6-11H,12-13H2,1-5H3,(H2,21,22,23);1H. The van der Waals surface area contributed by atoms with Gasteiger partial charge in [-0.1, -0.05) is 12.1 Å². The molecule has 0 aliphatic carbocycles. The molecule has 2 aromatic rings. The summed E-state index contributed by atoms with van der Waals surface area (Å²) in [6.45, 7) is 0.988. The van der Waals surface area contributed by atoms with Crippen LogP contribution < -0.4 is 24.8 Å². The Kier molecular flexibility index (Phi) is 10.2. The van der Waals surface area contributed by atoms with Crippen LogP contribution in [0.3, 0.4) is 0 Å². The maximum atomic E-state index is 11.5. The van der Waals surface area contributed by atoms with Gasteiger partial charge >= 0.3 is 0 Å². The lowest BCUT2D eigenvalue weighted by Crippen LogP contribution is -2.36. The molecule has 0 aliphatic rings. The Morgan fingerprint density at radius 2 is 1.40 bits per heavy atom. The number of halogens is 1. The number of rotatable bonds is 8. The summed E-state index contributed by atoms with van der Waals surface area (Å²) < 4.78 is 39.1. The number of aliphatic imine (C=N–C) groups is 1. The van der Waals surface area contributed by atoms with Gasteiger partial charge in [-0.05, 0) is 35.4 Å². The minimum atomic E-state index is -3.20. The van der Waals surface area contributed by atoms with Crippen LogP contribution in [-0.4, -0.2) is 49.0 Å². The summed E-state index contributed by atoms with van der Waals surface area (Å²) >= 11 is 0. The number of hydrogen-bond acceptors (Lipinski definition) is 6. The van der Waals surface area contributed by atoms with Crippen molar-refractivity contribution < 1.29 is 22.6 Å². The van der Waals surface area contributed by atoms with E-state index in [2.05, 4.69) is 15.6 Å². The molecule has 0 heterocycles. The van der Waals surface area contributed by atoms with E-state index in [1.165, 1.54) is 6.26 Å². The number of ether oxygens (including phenoxy) is 3. The average Bonchev–Trinajstić information content (AvgIpc) is 2.72. The molecular formula is C20H28IN3O5S. The number of nitrogens with zero attached hydrogens (tertiary/aromatic N) is 1. The van der Waals surface area contributed by atoms with Crippen LogP contribution >= 0.6 is 24.0 Å². The molecule has 0 saturated carbocycles. The molecule has 0 radical (unpaired) electrons. The SMILES string of the molecule is CN=C(NCc1ccc(S(C)(=O)=O)cc1)NCc1cc(OC)c(OC)c(OC)c1.I. The minimum absolute atomic E-state index is 0. The van der Waals surface area contributed by atoms with Gasteiger partial charge in [-0.2, -0.15) is 0 Å². The van der Waals surface area contributed by atoms with Crippen LogP contribution in [-0.2, 0) is 22.9 Å². The van der Waals surface area contributed by atoms with Crippen LogP contribution in [0.5, 0.6) is 17.2 Å². The lowest BCUT2D eigenvalue weighted by Gasteiger charge is -2.16. The van der Waals surface area contributed by atoms with Crippen molar-refractivity contribution in [3.8, 4) is 17.2 Å². The first-order valence-corrected chi connectivity index (χ1v) is 10.7. The summed E-state index contributed by atoms with van der Waals surface area (Å²) in [5, 5.41) is 6.42. The van der Waals surface area contributed by atoms with E-state index in [9.17, 15) is 8.42 Å². The molecule has 0 saturated heterocycles. The molecule has 30 heavy (non-hydrogen) atoms. The van der Waals surface area contributed by atoms with Crippen LogP contribution in [0.4, 0.5) is 0 Å². The summed E-state index contributed by atoms with van der Waals surface area (Å²) in [6, 6.07) is 10.5. The summed E-state index contributed by atoms with van der Waals surface area (Å²) in [4.78, 5) is 4.50. The van der Waals surface area contributed by atoms with Crippen LogP contribution in [0.15, 0.2) is 46.3 Å². The van der Waals surface area contributed by atoms with Crippen LogP contribution in [0.2, 0.25) is 0 Å². The highest BCUT2D eigenvalue weighted by Crippen LogP contribution is 2.38. The number of sulfone groups is 1. The van der Waals surface area contributed by atoms with Crippen LogP contribution in [0.1, 0.15) is 11.1 Å². The Labute approximate surface area is 195 Å². The monoisotopic (exact) mass is 549 g/mol. The zero-order valence-electron chi connectivity index (χ0n) is 17.7. The predicted molar refractivity (Wildman–Crippen MR) is 128 cm³/mol. The summed E-state index contributed by atoms with van der Waals surface area (Å²) in [7, 11) is 3.19. The number of benzene rings is 2. The highest BCUT2D eigenvalue weighted by Gasteiger charge is 2.13. The quantitative estimate of drug-likeness (QED) is 0.297. The maximum Gasteiger partial charge on any atom is 0.203 e. The molecule has 0 aliphatic heterocycles. The molecule has 0 fully saturated rings. The van der Waals surface area contributed by atoms with Gasteiger partial charge in [-0.15, -0.1) is 24.0 Å². The van der Waals surface area contributed by atoms with Gasteiger partial charge in [0.15, 0.2) is 27.3 Å². The first-order valence-electron chi connectivity index (χ1n) is 8.84. The second kappa shape index (κ2) is 11.8. The molecule has 0 bridgehead atoms. The highest BCUT2D eigenvalue weighted by molar-refractivity contribution is 14.0. The largest absolute Gasteiger partial charge is 0.493 e. The van der Waals surface area contributed by atoms with E-state index in [1.54, 1.807) is 52.6 Å². The first-order chi connectivity index (χ1) is 13.8. The summed E-state index contributed by atoms with van der Waals surface area (Å²) in [5.41, 5.74) is 1.87. The van der Waals surface area contributed by atoms with Crippen molar-refractivity contribution in [2.24, 2.45) is 4.99 Å². The maximum absolute atomic E-state index is 11.5. The Morgan fingerprint density at radius 1 is 0.900 bits per heavy atom. The topological polar surface area (TPSA) is 98.3 Å². The second-order valence-electron chi connectivity index (χ2n) is 6.23. The average molecular weight is 549 g/mol. The van der Waals surface area contributed by atoms with E-state index in [0.29, 0.717) is 41.2 Å². The smallest absolute Gasteiger partial charge is 0.203 e. The zero-order chi connectivity index (χ0) is 21.4. The van der Waals surface area contributed by atoms with E-state index < -0.39 is 9.84 Å². The van der Waals surface area contributed by atoms with Crippen molar-refractivity contribution in [1.82, 2.24) is 10.6 Å². The van der Waals surface area contributed by atoms with Crippen molar-refractivity contribution in [2.45, 2.75) is 18.0 Å². The van der Waals surface area contributed by atoms with Crippen molar-refractivity contribution in [1.29, 1.82) is 0 Å². The lowest BCUT2D eigenvalue weighted by molar-refractivity contribution is 0.323. The molecule has 2 N–H and O–H groups in total. The molecule has 0 unspecified atom stereocenters. The van der Waals surface area contributed by atoms with E-state index in [1.807, 2.05) is 12.1 Å². The third-order valence-corrected chi connectivity index (χ3v) is 5.35. The van der Waals surface area contributed by atoms with Gasteiger partial charge in [0.2, 0.25) is 5.75 Å². The summed E-state index contributed by atoms with van der Waals surface area (Å²) in [5.74, 6) is 2.31. The zero-order valence-corrected chi connectivity index (χ0v) is 20.8. The second-order valence-corrected chi connectivity index (χ2v) is 8.24. The van der Waals surface area contributed by atoms with Crippen molar-refractivity contribution in [2.75, 3.05) is 34.6 Å². The molecule has 0 amide bonds. The first kappa shape index (κ1) is 25.8. The fourth-order valence-electron chi connectivity index (χ4n) is 2.68. The molecule has 2 rings (SSSR count). The Balaban J connectivity index is 0.00000450. The molecule has 2 aromatic carbocycles. The van der Waals surface area contributed by atoms with Crippen molar-refractivity contribution >= 4 is 39.8 Å². The molecule has 10 heteroatoms. The highest BCUT2D eigenvalue weighted by atomic mass is 127. The normalized spacial score (nSPS) is 11.3. The third-order valence-electron chi connectivity index (χ3n) is 4.22. The van der Waals surface area contributed by atoms with E-state index in [0.717, 1.165) is 11.1 Å². The number of guanidine groups is 1. The van der Waals surface area contributed by atoms with Crippen LogP contribution in [0.25, 0.3) is 0 Å². The van der Waals surface area contributed by atoms with E-state index in [-0.39, 0.29) is 24.0 Å². The molecule has 0 aromatic heterocycles. The van der Waals surface area contributed by atoms with Gasteiger partial charge in [0.1, 0.15) is 0 Å². The molecular weight excluding hydrogens is 521 g/mol. The van der Waals surface area contributed by atoms with E-state index in [4.69, 9.17) is 14.2 Å². The summed E-state index contributed by atoms with van der Waals surface area (Å²) in [6.07, 6.45) is 1.19. The number of nitrogens with one attached hydrogen (secondary N) is 2. The Morgan fingerprint density at radius 3 is 1.80 bits per heavy atom. The van der Waals surface area contributed by atoms with E-state index >= 15 is 0 Å². The van der Waals surface area contributed by atoms with Gasteiger partial charge in [0.25, 0.3) is 0 Å². The Hall–Kier alpha value is -2.21. The lowest BCUT2D eigenvalue weighted by atomic mass is 10.2. The fourth-order valence-corrected chi connectivity index (χ4v) is 3.31. The molecule has 0 atom stereocenters. The van der Waals surface area contributed by atoms with Crippen molar-refractivity contribution in [3.05, 3.63) is 47.5 Å². The predicted octanol–water partition coefficient (Wildman–Crippen LogP) is 2.60.